The Hall–Kier alpha value is -2.95. The number of aromatic nitrogens is 2. The summed E-state index contributed by atoms with van der Waals surface area (Å²) in [7, 11) is 0. The number of nitro groups is 1. The van der Waals surface area contributed by atoms with E-state index in [4.69, 9.17) is 0 Å². The Kier molecular flexibility index (Phi) is 6.73. The standard InChI is InChI=1S/C17H20F3N5O3/c1-10(2)12(9-26)22-16-23-14(17(18,19)20)7-15(24-16)21-8-11-5-3-4-6-13(11)25(27)28/h3-7,10,12,26H,8-9H2,1-2H3,(H2,21,22,23,24)/t12-/m0/s1. The van der Waals surface area contributed by atoms with E-state index in [2.05, 4.69) is 20.6 Å². The average Bonchev–Trinajstić information content (AvgIpc) is 2.63. The van der Waals surface area contributed by atoms with Gasteiger partial charge in [0.05, 0.1) is 17.6 Å². The van der Waals surface area contributed by atoms with Crippen molar-refractivity contribution in [1.82, 2.24) is 9.97 Å². The van der Waals surface area contributed by atoms with E-state index in [1.165, 1.54) is 18.2 Å². The summed E-state index contributed by atoms with van der Waals surface area (Å²) in [5.41, 5.74) is -1.03. The van der Waals surface area contributed by atoms with Gasteiger partial charge in [-0.15, -0.1) is 0 Å². The normalized spacial score (nSPS) is 12.7. The first-order valence-electron chi connectivity index (χ1n) is 8.41. The lowest BCUT2D eigenvalue weighted by Crippen LogP contribution is -2.30. The van der Waals surface area contributed by atoms with Crippen LogP contribution in [0.2, 0.25) is 0 Å². The van der Waals surface area contributed by atoms with Crippen LogP contribution in [0, 0.1) is 16.0 Å². The molecule has 2 aromatic rings. The van der Waals surface area contributed by atoms with Crippen LogP contribution >= 0.6 is 0 Å². The Morgan fingerprint density at radius 1 is 1.25 bits per heavy atom. The third kappa shape index (κ3) is 5.52. The van der Waals surface area contributed by atoms with Crippen molar-refractivity contribution in [1.29, 1.82) is 0 Å². The van der Waals surface area contributed by atoms with Crippen molar-refractivity contribution < 1.29 is 23.2 Å². The van der Waals surface area contributed by atoms with E-state index in [9.17, 15) is 28.4 Å². The molecule has 0 amide bonds. The molecule has 1 heterocycles. The fourth-order valence-electron chi connectivity index (χ4n) is 2.36. The molecule has 1 atom stereocenters. The summed E-state index contributed by atoms with van der Waals surface area (Å²) in [6.45, 7) is 3.17. The number of aliphatic hydroxyl groups excluding tert-OH is 1. The van der Waals surface area contributed by atoms with Crippen molar-refractivity contribution in [3.8, 4) is 0 Å². The average molecular weight is 399 g/mol. The highest BCUT2D eigenvalue weighted by atomic mass is 19.4. The van der Waals surface area contributed by atoms with Crippen LogP contribution in [0.4, 0.5) is 30.6 Å². The molecule has 0 fully saturated rings. The Morgan fingerprint density at radius 3 is 2.50 bits per heavy atom. The maximum atomic E-state index is 13.2. The minimum absolute atomic E-state index is 0.0773. The van der Waals surface area contributed by atoms with E-state index in [0.29, 0.717) is 5.56 Å². The van der Waals surface area contributed by atoms with Gasteiger partial charge in [0.1, 0.15) is 5.82 Å². The zero-order valence-electron chi connectivity index (χ0n) is 15.2. The number of benzene rings is 1. The zero-order chi connectivity index (χ0) is 20.9. The molecular weight excluding hydrogens is 379 g/mol. The first-order chi connectivity index (χ1) is 13.1. The molecule has 3 N–H and O–H groups in total. The van der Waals surface area contributed by atoms with Gasteiger partial charge in [-0.05, 0) is 5.92 Å². The zero-order valence-corrected chi connectivity index (χ0v) is 15.2. The number of hydrogen-bond donors (Lipinski definition) is 3. The number of anilines is 2. The number of para-hydroxylation sites is 1. The quantitative estimate of drug-likeness (QED) is 0.460. The van der Waals surface area contributed by atoms with Gasteiger partial charge < -0.3 is 15.7 Å². The van der Waals surface area contributed by atoms with E-state index in [1.807, 2.05) is 0 Å². The van der Waals surface area contributed by atoms with Crippen molar-refractivity contribution in [2.75, 3.05) is 17.2 Å². The number of rotatable bonds is 8. The lowest BCUT2D eigenvalue weighted by Gasteiger charge is -2.21. The second kappa shape index (κ2) is 8.83. The molecule has 0 radical (unpaired) electrons. The minimum atomic E-state index is -4.71. The molecule has 0 unspecified atom stereocenters. The maximum absolute atomic E-state index is 13.2. The van der Waals surface area contributed by atoms with E-state index in [-0.39, 0.29) is 36.5 Å². The second-order valence-corrected chi connectivity index (χ2v) is 6.38. The highest BCUT2D eigenvalue weighted by Gasteiger charge is 2.34. The number of hydrogen-bond acceptors (Lipinski definition) is 7. The van der Waals surface area contributed by atoms with Gasteiger partial charge in [-0.3, -0.25) is 10.1 Å². The molecule has 0 aliphatic carbocycles. The summed E-state index contributed by atoms with van der Waals surface area (Å²) in [5, 5.41) is 25.8. The number of nitrogens with one attached hydrogen (secondary N) is 2. The first-order valence-corrected chi connectivity index (χ1v) is 8.41. The van der Waals surface area contributed by atoms with Crippen LogP contribution < -0.4 is 10.6 Å². The van der Waals surface area contributed by atoms with Crippen molar-refractivity contribution in [2.24, 2.45) is 5.92 Å². The van der Waals surface area contributed by atoms with Crippen molar-refractivity contribution >= 4 is 17.5 Å². The predicted octanol–water partition coefficient (Wildman–Crippen LogP) is 3.44. The smallest absolute Gasteiger partial charge is 0.394 e. The second-order valence-electron chi connectivity index (χ2n) is 6.38. The lowest BCUT2D eigenvalue weighted by atomic mass is 10.1. The third-order valence-electron chi connectivity index (χ3n) is 3.98. The van der Waals surface area contributed by atoms with Gasteiger partial charge in [0, 0.05) is 24.2 Å². The molecule has 0 aliphatic heterocycles. The van der Waals surface area contributed by atoms with Crippen LogP contribution in [0.1, 0.15) is 25.1 Å². The first kappa shape index (κ1) is 21.4. The fraction of sp³-hybridized carbons (Fsp3) is 0.412. The molecule has 2 rings (SSSR count). The van der Waals surface area contributed by atoms with Crippen LogP contribution in [0.15, 0.2) is 30.3 Å². The predicted molar refractivity (Wildman–Crippen MR) is 96.8 cm³/mol. The minimum Gasteiger partial charge on any atom is -0.394 e. The molecule has 0 spiro atoms. The summed E-state index contributed by atoms with van der Waals surface area (Å²) < 4.78 is 39.5. The monoisotopic (exact) mass is 399 g/mol. The van der Waals surface area contributed by atoms with E-state index in [0.717, 1.165) is 6.07 Å². The van der Waals surface area contributed by atoms with E-state index < -0.39 is 22.8 Å². The lowest BCUT2D eigenvalue weighted by molar-refractivity contribution is -0.385. The number of nitrogens with zero attached hydrogens (tertiary/aromatic N) is 3. The van der Waals surface area contributed by atoms with Crippen molar-refractivity contribution in [2.45, 2.75) is 32.6 Å². The Balaban J connectivity index is 2.30. The largest absolute Gasteiger partial charge is 0.433 e. The summed E-state index contributed by atoms with van der Waals surface area (Å²) in [5.74, 6) is -0.525. The third-order valence-corrected chi connectivity index (χ3v) is 3.98. The number of nitro benzene ring substituents is 1. The summed E-state index contributed by atoms with van der Waals surface area (Å²) in [6, 6.07) is 6.08. The van der Waals surface area contributed by atoms with Crippen LogP contribution in [0.5, 0.6) is 0 Å². The highest BCUT2D eigenvalue weighted by Crippen LogP contribution is 2.30. The van der Waals surface area contributed by atoms with Gasteiger partial charge in [0.2, 0.25) is 5.95 Å². The Bertz CT molecular complexity index is 830. The van der Waals surface area contributed by atoms with E-state index >= 15 is 0 Å². The molecule has 8 nitrogen and oxygen atoms in total. The molecule has 1 aromatic heterocycles. The molecule has 28 heavy (non-hydrogen) atoms. The van der Waals surface area contributed by atoms with Crippen LogP contribution in [0.3, 0.4) is 0 Å². The van der Waals surface area contributed by atoms with Crippen LogP contribution in [-0.4, -0.2) is 32.6 Å². The molecule has 11 heteroatoms. The Labute approximate surface area is 159 Å². The molecular formula is C17H20F3N5O3. The fourth-order valence-corrected chi connectivity index (χ4v) is 2.36. The topological polar surface area (TPSA) is 113 Å². The van der Waals surface area contributed by atoms with Crippen molar-refractivity contribution in [3.05, 3.63) is 51.7 Å². The number of aliphatic hydroxyl groups is 1. The van der Waals surface area contributed by atoms with Crippen LogP contribution in [0.25, 0.3) is 0 Å². The van der Waals surface area contributed by atoms with Gasteiger partial charge in [-0.2, -0.15) is 18.2 Å². The molecule has 0 saturated heterocycles. The van der Waals surface area contributed by atoms with Gasteiger partial charge in [-0.1, -0.05) is 32.0 Å². The van der Waals surface area contributed by atoms with Crippen LogP contribution in [-0.2, 0) is 12.7 Å². The summed E-state index contributed by atoms with van der Waals surface area (Å²) in [4.78, 5) is 18.0. The molecule has 0 saturated carbocycles. The maximum Gasteiger partial charge on any atom is 0.433 e. The SMILES string of the molecule is CC(C)[C@H](CO)Nc1nc(NCc2ccccc2[N+](=O)[O-])cc(C(F)(F)F)n1. The molecule has 0 aliphatic rings. The van der Waals surface area contributed by atoms with Gasteiger partial charge >= 0.3 is 6.18 Å². The number of halogens is 3. The van der Waals surface area contributed by atoms with Gasteiger partial charge in [0.15, 0.2) is 5.69 Å². The molecule has 152 valence electrons. The summed E-state index contributed by atoms with van der Waals surface area (Å²) >= 11 is 0. The summed E-state index contributed by atoms with van der Waals surface area (Å²) in [6.07, 6.45) is -4.71. The molecule has 1 aromatic carbocycles. The van der Waals surface area contributed by atoms with Gasteiger partial charge in [-0.25, -0.2) is 4.98 Å². The van der Waals surface area contributed by atoms with E-state index in [1.54, 1.807) is 19.9 Å². The molecule has 0 bridgehead atoms. The number of alkyl halides is 3. The Morgan fingerprint density at radius 2 is 1.93 bits per heavy atom. The van der Waals surface area contributed by atoms with Gasteiger partial charge in [0.25, 0.3) is 5.69 Å². The van der Waals surface area contributed by atoms with Crippen molar-refractivity contribution in [3.63, 3.8) is 0 Å². The highest BCUT2D eigenvalue weighted by molar-refractivity contribution is 5.47.